The van der Waals surface area contributed by atoms with Gasteiger partial charge >= 0.3 is 5.97 Å². The molecular formula is C20H20ClNO4. The van der Waals surface area contributed by atoms with Crippen molar-refractivity contribution < 1.29 is 19.1 Å². The van der Waals surface area contributed by atoms with Gasteiger partial charge in [-0.3, -0.25) is 4.79 Å². The van der Waals surface area contributed by atoms with Crippen LogP contribution >= 0.6 is 11.6 Å². The van der Waals surface area contributed by atoms with Crippen molar-refractivity contribution in [1.29, 1.82) is 0 Å². The maximum Gasteiger partial charge on any atom is 0.344 e. The molecule has 3 rings (SSSR count). The highest BCUT2D eigenvalue weighted by Crippen LogP contribution is 2.31. The number of fused-ring (bicyclic) bond motifs is 1. The molecule has 0 radical (unpaired) electrons. The fraction of sp³-hybridized carbons (Fsp3) is 0.300. The number of benzene rings is 2. The molecule has 0 bridgehead atoms. The zero-order chi connectivity index (χ0) is 18.7. The number of carbonyl (C=O) groups is 2. The number of aryl methyl sites for hydroxylation is 1. The van der Waals surface area contributed by atoms with Crippen LogP contribution in [0.25, 0.3) is 0 Å². The van der Waals surface area contributed by atoms with Crippen LogP contribution < -0.4 is 9.64 Å². The summed E-state index contributed by atoms with van der Waals surface area (Å²) in [7, 11) is 0. The maximum atomic E-state index is 12.5. The number of nitrogens with zero attached hydrogens (tertiary/aromatic N) is 1. The number of anilines is 1. The Hall–Kier alpha value is -2.53. The molecule has 1 atom stereocenters. The largest absolute Gasteiger partial charge is 0.482 e. The van der Waals surface area contributed by atoms with Gasteiger partial charge in [0.2, 0.25) is 0 Å². The van der Waals surface area contributed by atoms with Crippen LogP contribution in [0.15, 0.2) is 42.5 Å². The molecular weight excluding hydrogens is 354 g/mol. The predicted octanol–water partition coefficient (Wildman–Crippen LogP) is 3.55. The lowest BCUT2D eigenvalue weighted by molar-refractivity contribution is -0.149. The van der Waals surface area contributed by atoms with Crippen molar-refractivity contribution in [1.82, 2.24) is 0 Å². The van der Waals surface area contributed by atoms with E-state index in [0.717, 1.165) is 23.2 Å². The third kappa shape index (κ3) is 3.99. The zero-order valence-corrected chi connectivity index (χ0v) is 15.5. The average molecular weight is 374 g/mol. The van der Waals surface area contributed by atoms with Gasteiger partial charge in [-0.25, -0.2) is 4.79 Å². The van der Waals surface area contributed by atoms with Gasteiger partial charge < -0.3 is 14.4 Å². The minimum atomic E-state index is -0.590. The Morgan fingerprint density at radius 2 is 1.96 bits per heavy atom. The molecule has 1 aliphatic heterocycles. The van der Waals surface area contributed by atoms with Gasteiger partial charge in [-0.2, -0.15) is 0 Å². The first kappa shape index (κ1) is 18.3. The molecule has 2 aromatic rings. The van der Waals surface area contributed by atoms with E-state index >= 15 is 0 Å². The molecule has 136 valence electrons. The number of ether oxygens (including phenoxy) is 2. The summed E-state index contributed by atoms with van der Waals surface area (Å²) in [5, 5.41) is 0.600. The second-order valence-electron chi connectivity index (χ2n) is 6.30. The normalized spacial score (nSPS) is 15.5. The van der Waals surface area contributed by atoms with Crippen molar-refractivity contribution in [2.24, 2.45) is 0 Å². The van der Waals surface area contributed by atoms with Crippen molar-refractivity contribution in [3.05, 3.63) is 58.6 Å². The summed E-state index contributed by atoms with van der Waals surface area (Å²) in [4.78, 5) is 26.1. The number of carbonyl (C=O) groups excluding carboxylic acids is 2. The van der Waals surface area contributed by atoms with Crippen LogP contribution in [0.2, 0.25) is 5.02 Å². The van der Waals surface area contributed by atoms with Crippen LogP contribution in [0.1, 0.15) is 18.1 Å². The van der Waals surface area contributed by atoms with Gasteiger partial charge in [-0.05, 0) is 55.7 Å². The molecule has 0 saturated heterocycles. The van der Waals surface area contributed by atoms with Crippen LogP contribution in [-0.4, -0.2) is 31.1 Å². The molecule has 0 saturated carbocycles. The molecule has 0 fully saturated rings. The highest BCUT2D eigenvalue weighted by atomic mass is 35.5. The van der Waals surface area contributed by atoms with Crippen molar-refractivity contribution >= 4 is 29.2 Å². The van der Waals surface area contributed by atoms with Crippen molar-refractivity contribution in [2.45, 2.75) is 26.3 Å². The van der Waals surface area contributed by atoms with E-state index in [1.54, 1.807) is 23.1 Å². The topological polar surface area (TPSA) is 55.8 Å². The standard InChI is InChI=1S/C20H20ClNO4/c1-13-9-16(21)7-8-18(13)25-12-20(24)26-11-19(23)22-14(2)10-15-5-3-4-6-17(15)22/h3-9,14H,10-12H2,1-2H3/t14-/m0/s1. The number of hydrogen-bond acceptors (Lipinski definition) is 4. The lowest BCUT2D eigenvalue weighted by Gasteiger charge is -2.22. The Bertz CT molecular complexity index is 836. The Labute approximate surface area is 157 Å². The summed E-state index contributed by atoms with van der Waals surface area (Å²) < 4.78 is 10.5. The Morgan fingerprint density at radius 1 is 1.19 bits per heavy atom. The first-order valence-corrected chi connectivity index (χ1v) is 8.78. The molecule has 0 aliphatic carbocycles. The SMILES string of the molecule is Cc1cc(Cl)ccc1OCC(=O)OCC(=O)N1c2ccccc2C[C@@H]1C. The van der Waals surface area contributed by atoms with E-state index in [1.807, 2.05) is 38.1 Å². The summed E-state index contributed by atoms with van der Waals surface area (Å²) in [5.41, 5.74) is 2.83. The van der Waals surface area contributed by atoms with Crippen molar-refractivity contribution in [3.63, 3.8) is 0 Å². The Morgan fingerprint density at radius 3 is 2.73 bits per heavy atom. The second kappa shape index (κ2) is 7.79. The molecule has 5 nitrogen and oxygen atoms in total. The molecule has 6 heteroatoms. The van der Waals surface area contributed by atoms with E-state index in [4.69, 9.17) is 21.1 Å². The van der Waals surface area contributed by atoms with E-state index < -0.39 is 5.97 Å². The van der Waals surface area contributed by atoms with E-state index in [0.29, 0.717) is 10.8 Å². The molecule has 0 aromatic heterocycles. The molecule has 1 aliphatic rings. The first-order chi connectivity index (χ1) is 12.5. The quantitative estimate of drug-likeness (QED) is 0.752. The Kier molecular flexibility index (Phi) is 5.47. The highest BCUT2D eigenvalue weighted by molar-refractivity contribution is 6.30. The van der Waals surface area contributed by atoms with Gasteiger partial charge in [0.25, 0.3) is 5.91 Å². The number of esters is 1. The number of amides is 1. The lowest BCUT2D eigenvalue weighted by Crippen LogP contribution is -2.39. The fourth-order valence-corrected chi connectivity index (χ4v) is 3.34. The molecule has 0 spiro atoms. The van der Waals surface area contributed by atoms with Gasteiger partial charge in [-0.1, -0.05) is 29.8 Å². The number of halogens is 1. The predicted molar refractivity (Wildman–Crippen MR) is 99.7 cm³/mol. The number of para-hydroxylation sites is 1. The van der Waals surface area contributed by atoms with E-state index in [1.165, 1.54) is 0 Å². The molecule has 0 N–H and O–H groups in total. The summed E-state index contributed by atoms with van der Waals surface area (Å²) >= 11 is 5.88. The monoisotopic (exact) mass is 373 g/mol. The van der Waals surface area contributed by atoms with Gasteiger partial charge in [0.05, 0.1) is 0 Å². The lowest BCUT2D eigenvalue weighted by atomic mass is 10.1. The number of hydrogen-bond donors (Lipinski definition) is 0. The summed E-state index contributed by atoms with van der Waals surface area (Å²) in [6, 6.07) is 12.9. The first-order valence-electron chi connectivity index (χ1n) is 8.40. The van der Waals surface area contributed by atoms with Crippen LogP contribution in [-0.2, 0) is 20.7 Å². The minimum absolute atomic E-state index is 0.0477. The van der Waals surface area contributed by atoms with Crippen LogP contribution in [0.4, 0.5) is 5.69 Å². The molecule has 1 heterocycles. The number of rotatable bonds is 5. The van der Waals surface area contributed by atoms with Crippen LogP contribution in [0, 0.1) is 6.92 Å². The minimum Gasteiger partial charge on any atom is -0.482 e. The maximum absolute atomic E-state index is 12.5. The smallest absolute Gasteiger partial charge is 0.344 e. The highest BCUT2D eigenvalue weighted by Gasteiger charge is 2.30. The zero-order valence-electron chi connectivity index (χ0n) is 14.7. The summed E-state index contributed by atoms with van der Waals surface area (Å²) in [5.74, 6) is -0.272. The van der Waals surface area contributed by atoms with E-state index in [-0.39, 0.29) is 25.2 Å². The van der Waals surface area contributed by atoms with E-state index in [9.17, 15) is 9.59 Å². The van der Waals surface area contributed by atoms with Gasteiger partial charge in [-0.15, -0.1) is 0 Å². The second-order valence-corrected chi connectivity index (χ2v) is 6.74. The van der Waals surface area contributed by atoms with Gasteiger partial charge in [0, 0.05) is 16.8 Å². The van der Waals surface area contributed by atoms with E-state index in [2.05, 4.69) is 0 Å². The molecule has 1 amide bonds. The summed E-state index contributed by atoms with van der Waals surface area (Å²) in [6.45, 7) is 3.25. The fourth-order valence-electron chi connectivity index (χ4n) is 3.11. The Balaban J connectivity index is 1.52. The third-order valence-corrected chi connectivity index (χ3v) is 4.55. The molecule has 2 aromatic carbocycles. The van der Waals surface area contributed by atoms with Crippen molar-refractivity contribution in [3.8, 4) is 5.75 Å². The average Bonchev–Trinajstić information content (AvgIpc) is 2.94. The van der Waals surface area contributed by atoms with Gasteiger partial charge in [0.15, 0.2) is 13.2 Å². The molecule has 26 heavy (non-hydrogen) atoms. The van der Waals surface area contributed by atoms with Gasteiger partial charge in [0.1, 0.15) is 5.75 Å². The van der Waals surface area contributed by atoms with Crippen molar-refractivity contribution in [2.75, 3.05) is 18.1 Å². The molecule has 0 unspecified atom stereocenters. The van der Waals surface area contributed by atoms with Crippen LogP contribution in [0.3, 0.4) is 0 Å². The summed E-state index contributed by atoms with van der Waals surface area (Å²) in [6.07, 6.45) is 0.800. The third-order valence-electron chi connectivity index (χ3n) is 4.32. The van der Waals surface area contributed by atoms with Crippen LogP contribution in [0.5, 0.6) is 5.75 Å².